The molecule has 2 heteroatoms. The Kier molecular flexibility index (Phi) is 2.81. The maximum atomic E-state index is 13.2. The molecule has 1 aromatic rings. The molecule has 0 saturated heterocycles. The summed E-state index contributed by atoms with van der Waals surface area (Å²) in [6.07, 6.45) is 0.391. The number of ketones is 1. The molecule has 0 N–H and O–H groups in total. The third-order valence-corrected chi connectivity index (χ3v) is 1.95. The molecule has 13 heavy (non-hydrogen) atoms. The molecule has 1 nitrogen and oxygen atoms in total. The fourth-order valence-corrected chi connectivity index (χ4v) is 1.43. The Bertz CT molecular complexity index is 319. The van der Waals surface area contributed by atoms with Gasteiger partial charge in [0.1, 0.15) is 11.6 Å². The lowest BCUT2D eigenvalue weighted by atomic mass is 10.0. The highest BCUT2D eigenvalue weighted by molar-refractivity contribution is 5.78. The molecule has 0 amide bonds. The van der Waals surface area contributed by atoms with Crippen LogP contribution < -0.4 is 0 Å². The average Bonchev–Trinajstić information content (AvgIpc) is 1.98. The molecule has 0 spiro atoms. The number of halogens is 1. The number of hydrogen-bond donors (Lipinski definition) is 0. The lowest BCUT2D eigenvalue weighted by Crippen LogP contribution is -1.99. The monoisotopic (exact) mass is 180 g/mol. The van der Waals surface area contributed by atoms with Gasteiger partial charge < -0.3 is 0 Å². The Morgan fingerprint density at radius 1 is 1.31 bits per heavy atom. The van der Waals surface area contributed by atoms with Gasteiger partial charge in [0.15, 0.2) is 0 Å². The molecule has 0 fully saturated rings. The van der Waals surface area contributed by atoms with E-state index >= 15 is 0 Å². The number of Topliss-reactive ketones (excluding diaryl/α,β-unsaturated/α-hetero) is 1. The SMILES string of the molecule is CC(=O)Cc1cc(C)c(F)c(C)c1. The van der Waals surface area contributed by atoms with Crippen molar-refractivity contribution in [1.29, 1.82) is 0 Å². The summed E-state index contributed by atoms with van der Waals surface area (Å²) >= 11 is 0. The van der Waals surface area contributed by atoms with Gasteiger partial charge in [-0.3, -0.25) is 4.79 Å². The number of aryl methyl sites for hydroxylation is 2. The summed E-state index contributed by atoms with van der Waals surface area (Å²) in [4.78, 5) is 10.8. The highest BCUT2D eigenvalue weighted by atomic mass is 19.1. The van der Waals surface area contributed by atoms with Gasteiger partial charge in [0.25, 0.3) is 0 Å². The van der Waals surface area contributed by atoms with Crippen molar-refractivity contribution in [2.45, 2.75) is 27.2 Å². The standard InChI is InChI=1S/C11H13FO/c1-7-4-10(6-9(3)13)5-8(2)11(7)12/h4-5H,6H2,1-3H3. The Hall–Kier alpha value is -1.18. The molecule has 0 aliphatic carbocycles. The molecule has 0 aliphatic heterocycles. The summed E-state index contributed by atoms with van der Waals surface area (Å²) in [5.41, 5.74) is 2.11. The van der Waals surface area contributed by atoms with Crippen LogP contribution in [-0.4, -0.2) is 5.78 Å². The van der Waals surface area contributed by atoms with E-state index < -0.39 is 0 Å². The Balaban J connectivity index is 3.06. The van der Waals surface area contributed by atoms with E-state index in [2.05, 4.69) is 0 Å². The van der Waals surface area contributed by atoms with Gasteiger partial charge in [-0.15, -0.1) is 0 Å². The van der Waals surface area contributed by atoms with Crippen molar-refractivity contribution >= 4 is 5.78 Å². The van der Waals surface area contributed by atoms with E-state index in [-0.39, 0.29) is 11.6 Å². The maximum Gasteiger partial charge on any atom is 0.134 e. The minimum Gasteiger partial charge on any atom is -0.300 e. The molecule has 0 atom stereocenters. The van der Waals surface area contributed by atoms with Crippen molar-refractivity contribution in [3.8, 4) is 0 Å². The molecule has 1 rings (SSSR count). The Morgan fingerprint density at radius 3 is 2.15 bits per heavy atom. The molecule has 1 aromatic carbocycles. The zero-order chi connectivity index (χ0) is 10.0. The van der Waals surface area contributed by atoms with Crippen LogP contribution in [0, 0.1) is 19.7 Å². The number of carbonyl (C=O) groups excluding carboxylic acids is 1. The first kappa shape index (κ1) is 9.90. The van der Waals surface area contributed by atoms with Gasteiger partial charge in [0, 0.05) is 6.42 Å². The van der Waals surface area contributed by atoms with Gasteiger partial charge in [-0.1, -0.05) is 12.1 Å². The van der Waals surface area contributed by atoms with Crippen molar-refractivity contribution < 1.29 is 9.18 Å². The number of benzene rings is 1. The summed E-state index contributed by atoms with van der Waals surface area (Å²) in [5.74, 6) is -0.0716. The van der Waals surface area contributed by atoms with Gasteiger partial charge in [-0.2, -0.15) is 0 Å². The fraction of sp³-hybridized carbons (Fsp3) is 0.364. The molecule has 0 heterocycles. The third-order valence-electron chi connectivity index (χ3n) is 1.95. The molecule has 0 saturated carbocycles. The second kappa shape index (κ2) is 3.69. The van der Waals surface area contributed by atoms with E-state index in [0.717, 1.165) is 5.56 Å². The first-order valence-corrected chi connectivity index (χ1v) is 4.25. The highest BCUT2D eigenvalue weighted by Gasteiger charge is 2.05. The quantitative estimate of drug-likeness (QED) is 0.683. The van der Waals surface area contributed by atoms with Crippen LogP contribution in [0.4, 0.5) is 4.39 Å². The predicted molar refractivity (Wildman–Crippen MR) is 50.3 cm³/mol. The maximum absolute atomic E-state index is 13.2. The summed E-state index contributed by atoms with van der Waals surface area (Å²) in [6.45, 7) is 4.96. The van der Waals surface area contributed by atoms with Gasteiger partial charge in [0.05, 0.1) is 0 Å². The Morgan fingerprint density at radius 2 is 1.77 bits per heavy atom. The second-order valence-electron chi connectivity index (χ2n) is 3.42. The lowest BCUT2D eigenvalue weighted by Gasteiger charge is -2.04. The molecule has 0 bridgehead atoms. The molecule has 0 aliphatic rings. The van der Waals surface area contributed by atoms with Crippen molar-refractivity contribution in [2.24, 2.45) is 0 Å². The highest BCUT2D eigenvalue weighted by Crippen LogP contribution is 2.15. The zero-order valence-electron chi connectivity index (χ0n) is 8.15. The van der Waals surface area contributed by atoms with Crippen molar-refractivity contribution in [1.82, 2.24) is 0 Å². The smallest absolute Gasteiger partial charge is 0.134 e. The van der Waals surface area contributed by atoms with E-state index in [0.29, 0.717) is 17.5 Å². The van der Waals surface area contributed by atoms with E-state index in [1.54, 1.807) is 26.0 Å². The van der Waals surface area contributed by atoms with Crippen LogP contribution in [0.3, 0.4) is 0 Å². The van der Waals surface area contributed by atoms with Crippen LogP contribution >= 0.6 is 0 Å². The van der Waals surface area contributed by atoms with E-state index in [1.807, 2.05) is 0 Å². The van der Waals surface area contributed by atoms with Gasteiger partial charge in [-0.05, 0) is 37.5 Å². The van der Waals surface area contributed by atoms with Crippen LogP contribution in [0.1, 0.15) is 23.6 Å². The molecule has 70 valence electrons. The normalized spacial score (nSPS) is 10.2. The van der Waals surface area contributed by atoms with Crippen molar-refractivity contribution in [2.75, 3.05) is 0 Å². The van der Waals surface area contributed by atoms with Crippen molar-refractivity contribution in [3.05, 3.63) is 34.6 Å². The minimum absolute atomic E-state index is 0.102. The first-order valence-electron chi connectivity index (χ1n) is 4.25. The third kappa shape index (κ3) is 2.38. The molecule has 0 radical (unpaired) electrons. The van der Waals surface area contributed by atoms with Crippen LogP contribution in [0.15, 0.2) is 12.1 Å². The molecular formula is C11H13FO. The van der Waals surface area contributed by atoms with Crippen LogP contribution in [0.25, 0.3) is 0 Å². The largest absolute Gasteiger partial charge is 0.300 e. The van der Waals surface area contributed by atoms with Gasteiger partial charge >= 0.3 is 0 Å². The minimum atomic E-state index is -0.174. The van der Waals surface area contributed by atoms with Crippen LogP contribution in [0.5, 0.6) is 0 Å². The van der Waals surface area contributed by atoms with E-state index in [9.17, 15) is 9.18 Å². The van der Waals surface area contributed by atoms with Crippen LogP contribution in [0.2, 0.25) is 0 Å². The summed E-state index contributed by atoms with van der Waals surface area (Å²) in [5, 5.41) is 0. The second-order valence-corrected chi connectivity index (χ2v) is 3.42. The zero-order valence-corrected chi connectivity index (χ0v) is 8.15. The number of carbonyl (C=O) groups is 1. The van der Waals surface area contributed by atoms with Crippen LogP contribution in [-0.2, 0) is 11.2 Å². The summed E-state index contributed by atoms with van der Waals surface area (Å²) < 4.78 is 13.2. The summed E-state index contributed by atoms with van der Waals surface area (Å²) in [6, 6.07) is 3.45. The molecular weight excluding hydrogens is 167 g/mol. The molecule has 0 aromatic heterocycles. The number of hydrogen-bond acceptors (Lipinski definition) is 1. The fourth-order valence-electron chi connectivity index (χ4n) is 1.43. The predicted octanol–water partition coefficient (Wildman–Crippen LogP) is 2.57. The topological polar surface area (TPSA) is 17.1 Å². The van der Waals surface area contributed by atoms with E-state index in [1.165, 1.54) is 6.92 Å². The average molecular weight is 180 g/mol. The molecule has 0 unspecified atom stereocenters. The summed E-state index contributed by atoms with van der Waals surface area (Å²) in [7, 11) is 0. The first-order chi connectivity index (χ1) is 6.00. The van der Waals surface area contributed by atoms with E-state index in [4.69, 9.17) is 0 Å². The van der Waals surface area contributed by atoms with Crippen molar-refractivity contribution in [3.63, 3.8) is 0 Å². The lowest BCUT2D eigenvalue weighted by molar-refractivity contribution is -0.116. The Labute approximate surface area is 77.6 Å². The van der Waals surface area contributed by atoms with Gasteiger partial charge in [-0.25, -0.2) is 4.39 Å². The van der Waals surface area contributed by atoms with Gasteiger partial charge in [0.2, 0.25) is 0 Å². The number of rotatable bonds is 2.